The molecule has 0 saturated heterocycles. The third-order valence-corrected chi connectivity index (χ3v) is 6.38. The largest absolute Gasteiger partial charge is 0.469 e. The zero-order valence-corrected chi connectivity index (χ0v) is 18.6. The number of phosphoric acid groups is 1. The van der Waals surface area contributed by atoms with Crippen LogP contribution in [0.5, 0.6) is 0 Å². The third-order valence-electron chi connectivity index (χ3n) is 3.86. The summed E-state index contributed by atoms with van der Waals surface area (Å²) in [6.07, 6.45) is 2.10. The highest BCUT2D eigenvalue weighted by Crippen LogP contribution is 2.37. The number of phosphoric ester groups is 1. The fraction of sp³-hybridized carbons (Fsp3) is 0.400. The molecule has 4 N–H and O–H groups in total. The Bertz CT molecular complexity index is 880. The number of hydrogen-bond acceptors (Lipinski definition) is 5. The number of hydrogen-bond donors (Lipinski definition) is 3. The number of aryl methyl sites for hydroxylation is 2. The zero-order chi connectivity index (χ0) is 20.6. The molecule has 0 fully saturated rings. The van der Waals surface area contributed by atoms with Gasteiger partial charge in [-0.2, -0.15) is 0 Å². The summed E-state index contributed by atoms with van der Waals surface area (Å²) in [6.45, 7) is 3.63. The Labute approximate surface area is 174 Å². The van der Waals surface area contributed by atoms with Crippen molar-refractivity contribution in [2.45, 2.75) is 43.5 Å². The van der Waals surface area contributed by atoms with E-state index in [1.807, 2.05) is 23.9 Å². The molecular weight excluding hydrogens is 413 g/mol. The van der Waals surface area contributed by atoms with Crippen molar-refractivity contribution in [2.75, 3.05) is 12.4 Å². The maximum absolute atomic E-state index is 10.8. The zero-order valence-electron chi connectivity index (χ0n) is 16.1. The van der Waals surface area contributed by atoms with E-state index in [0.29, 0.717) is 12.8 Å². The van der Waals surface area contributed by atoms with Crippen LogP contribution in [0.25, 0.3) is 0 Å². The quantitative estimate of drug-likeness (QED) is 0.233. The Balaban J connectivity index is 1.75. The molecule has 2 aromatic rings. The lowest BCUT2D eigenvalue weighted by molar-refractivity contribution is 0.154. The molecule has 5 nitrogen and oxygen atoms in total. The summed E-state index contributed by atoms with van der Waals surface area (Å²) in [5.74, 6) is 7.38. The van der Waals surface area contributed by atoms with Crippen molar-refractivity contribution in [3.63, 3.8) is 0 Å². The normalized spacial score (nSPS) is 13.6. The maximum Gasteiger partial charge on any atom is 0.469 e. The standard InChI is InChI=1S/C20H26NO4PS2/c1-16-6-5-8-19(14-16)27-13-4-3-7-17-9-10-18(28-17)11-12-20(2,21)15-25-26(22,23)24/h5-6,8-10,14H,4,11-13,15,21H2,1-2H3,(H2,22,23,24). The number of benzene rings is 1. The summed E-state index contributed by atoms with van der Waals surface area (Å²) >= 11 is 3.43. The molecule has 0 radical (unpaired) electrons. The highest BCUT2D eigenvalue weighted by atomic mass is 32.2. The molecule has 152 valence electrons. The second-order valence-electron chi connectivity index (χ2n) is 6.90. The van der Waals surface area contributed by atoms with Crippen molar-refractivity contribution in [2.24, 2.45) is 5.73 Å². The van der Waals surface area contributed by atoms with Crippen LogP contribution in [0.1, 0.15) is 35.1 Å². The van der Waals surface area contributed by atoms with Crippen LogP contribution >= 0.6 is 30.9 Å². The lowest BCUT2D eigenvalue weighted by Crippen LogP contribution is -2.41. The van der Waals surface area contributed by atoms with E-state index >= 15 is 0 Å². The molecule has 1 heterocycles. The van der Waals surface area contributed by atoms with Gasteiger partial charge in [-0.1, -0.05) is 29.5 Å². The van der Waals surface area contributed by atoms with Crippen LogP contribution < -0.4 is 5.73 Å². The first-order chi connectivity index (χ1) is 13.1. The van der Waals surface area contributed by atoms with Gasteiger partial charge >= 0.3 is 7.82 Å². The van der Waals surface area contributed by atoms with Gasteiger partial charge < -0.3 is 15.5 Å². The molecule has 0 aliphatic carbocycles. The molecule has 1 aromatic heterocycles. The first-order valence-corrected chi connectivity index (χ1v) is 12.2. The Hall–Kier alpha value is -1.10. The molecule has 8 heteroatoms. The smallest absolute Gasteiger partial charge is 0.323 e. The van der Waals surface area contributed by atoms with E-state index < -0.39 is 13.4 Å². The molecule has 28 heavy (non-hydrogen) atoms. The van der Waals surface area contributed by atoms with Crippen molar-refractivity contribution in [1.82, 2.24) is 0 Å². The van der Waals surface area contributed by atoms with Gasteiger partial charge in [0, 0.05) is 27.5 Å². The molecule has 0 aliphatic heterocycles. The van der Waals surface area contributed by atoms with Crippen molar-refractivity contribution in [1.29, 1.82) is 0 Å². The second-order valence-corrected chi connectivity index (χ2v) is 10.5. The van der Waals surface area contributed by atoms with Crippen LogP contribution in [0.15, 0.2) is 41.3 Å². The van der Waals surface area contributed by atoms with Crippen molar-refractivity contribution in [3.05, 3.63) is 51.7 Å². The fourth-order valence-electron chi connectivity index (χ4n) is 2.37. The van der Waals surface area contributed by atoms with Gasteiger partial charge in [0.25, 0.3) is 0 Å². The lowest BCUT2D eigenvalue weighted by Gasteiger charge is -2.24. The Kier molecular flexibility index (Phi) is 8.79. The first-order valence-electron chi connectivity index (χ1n) is 8.89. The van der Waals surface area contributed by atoms with Crippen LogP contribution in [-0.2, 0) is 15.5 Å². The maximum atomic E-state index is 10.8. The molecule has 0 spiro atoms. The van der Waals surface area contributed by atoms with Crippen LogP contribution in [0.4, 0.5) is 0 Å². The third kappa shape index (κ3) is 9.40. The summed E-state index contributed by atoms with van der Waals surface area (Å²) in [5, 5.41) is 0. The molecule has 1 atom stereocenters. The van der Waals surface area contributed by atoms with E-state index in [4.69, 9.17) is 15.5 Å². The highest BCUT2D eigenvalue weighted by Gasteiger charge is 2.24. The lowest BCUT2D eigenvalue weighted by atomic mass is 9.98. The first kappa shape index (κ1) is 23.2. The van der Waals surface area contributed by atoms with Crippen LogP contribution in [0.3, 0.4) is 0 Å². The van der Waals surface area contributed by atoms with Crippen LogP contribution in [0, 0.1) is 18.8 Å². The molecule has 2 rings (SSSR count). The average Bonchev–Trinajstić information content (AvgIpc) is 3.06. The minimum atomic E-state index is -4.49. The highest BCUT2D eigenvalue weighted by molar-refractivity contribution is 7.99. The SMILES string of the molecule is Cc1cccc(SCCC#Cc2ccc(CCC(C)(N)COP(=O)(O)O)s2)c1. The minimum Gasteiger partial charge on any atom is -0.323 e. The Morgan fingerprint density at radius 1 is 1.32 bits per heavy atom. The van der Waals surface area contributed by atoms with E-state index in [1.54, 1.807) is 18.3 Å². The van der Waals surface area contributed by atoms with E-state index in [-0.39, 0.29) is 6.61 Å². The van der Waals surface area contributed by atoms with Gasteiger partial charge in [0.15, 0.2) is 0 Å². The number of nitrogens with two attached hydrogens (primary N) is 1. The molecular formula is C20H26NO4PS2. The molecule has 0 aliphatic rings. The topological polar surface area (TPSA) is 92.8 Å². The molecule has 1 unspecified atom stereocenters. The molecule has 0 bridgehead atoms. The monoisotopic (exact) mass is 439 g/mol. The molecule has 0 amide bonds. The summed E-state index contributed by atoms with van der Waals surface area (Å²) in [7, 11) is -4.49. The summed E-state index contributed by atoms with van der Waals surface area (Å²) in [4.78, 5) is 21.0. The fourth-order valence-corrected chi connectivity index (χ4v) is 4.60. The molecule has 0 saturated carbocycles. The van der Waals surface area contributed by atoms with Crippen LogP contribution in [0.2, 0.25) is 0 Å². The number of thiophene rings is 1. The minimum absolute atomic E-state index is 0.187. The van der Waals surface area contributed by atoms with E-state index in [0.717, 1.165) is 21.9 Å². The van der Waals surface area contributed by atoms with Gasteiger partial charge in [-0.25, -0.2) is 4.57 Å². The van der Waals surface area contributed by atoms with Gasteiger partial charge in [-0.15, -0.1) is 23.1 Å². The van der Waals surface area contributed by atoms with E-state index in [1.165, 1.54) is 10.5 Å². The average molecular weight is 440 g/mol. The van der Waals surface area contributed by atoms with Gasteiger partial charge in [-0.05, 0) is 51.0 Å². The summed E-state index contributed by atoms with van der Waals surface area (Å²) in [5.41, 5.74) is 6.52. The summed E-state index contributed by atoms with van der Waals surface area (Å²) < 4.78 is 15.3. The van der Waals surface area contributed by atoms with E-state index in [9.17, 15) is 4.57 Å². The van der Waals surface area contributed by atoms with Crippen molar-refractivity contribution in [3.8, 4) is 11.8 Å². The number of rotatable bonds is 9. The predicted octanol–water partition coefficient (Wildman–Crippen LogP) is 4.35. The van der Waals surface area contributed by atoms with Crippen molar-refractivity contribution < 1.29 is 18.9 Å². The van der Waals surface area contributed by atoms with Crippen LogP contribution in [-0.4, -0.2) is 27.7 Å². The van der Waals surface area contributed by atoms with Gasteiger partial charge in [0.1, 0.15) is 0 Å². The summed E-state index contributed by atoms with van der Waals surface area (Å²) in [6, 6.07) is 12.5. The van der Waals surface area contributed by atoms with Gasteiger partial charge in [0.05, 0.1) is 11.5 Å². The Morgan fingerprint density at radius 2 is 2.11 bits per heavy atom. The predicted molar refractivity (Wildman–Crippen MR) is 117 cm³/mol. The Morgan fingerprint density at radius 3 is 2.82 bits per heavy atom. The second kappa shape index (κ2) is 10.6. The molecule has 1 aromatic carbocycles. The van der Waals surface area contributed by atoms with Gasteiger partial charge in [-0.3, -0.25) is 4.52 Å². The van der Waals surface area contributed by atoms with Crippen molar-refractivity contribution >= 4 is 30.9 Å². The van der Waals surface area contributed by atoms with Gasteiger partial charge in [0.2, 0.25) is 0 Å². The van der Waals surface area contributed by atoms with E-state index in [2.05, 4.69) is 47.6 Å². The number of thioether (sulfide) groups is 1.